The molecule has 1 saturated heterocycles. The second-order valence-corrected chi connectivity index (χ2v) is 4.69. The smallest absolute Gasteiger partial charge is 0.411 e. The van der Waals surface area contributed by atoms with Gasteiger partial charge in [-0.1, -0.05) is 6.92 Å². The van der Waals surface area contributed by atoms with E-state index in [2.05, 4.69) is 10.1 Å². The number of aliphatic carboxylic acids is 1. The molecule has 0 aromatic rings. The third-order valence-corrected chi connectivity index (χ3v) is 3.08. The summed E-state index contributed by atoms with van der Waals surface area (Å²) in [5.74, 6) is -1.51. The van der Waals surface area contributed by atoms with Crippen molar-refractivity contribution >= 4 is 12.0 Å². The van der Waals surface area contributed by atoms with Gasteiger partial charge in [-0.3, -0.25) is 4.79 Å². The first-order valence-electron chi connectivity index (χ1n) is 6.11. The normalized spacial score (nSPS) is 17.5. The van der Waals surface area contributed by atoms with E-state index in [1.54, 1.807) is 6.92 Å². The fourth-order valence-electron chi connectivity index (χ4n) is 1.73. The zero-order chi connectivity index (χ0) is 15.3. The van der Waals surface area contributed by atoms with Gasteiger partial charge in [0.25, 0.3) is 0 Å². The molecule has 0 spiro atoms. The number of nitrogens with zero attached hydrogens (tertiary/aromatic N) is 1. The SMILES string of the molecule is CC(C(=O)O)C1CN(C(=O)NCCOCC(F)(F)F)C1. The van der Waals surface area contributed by atoms with Crippen LogP contribution < -0.4 is 5.32 Å². The Bertz CT molecular complexity index is 356. The summed E-state index contributed by atoms with van der Waals surface area (Å²) < 4.78 is 39.6. The number of amides is 2. The molecule has 6 nitrogen and oxygen atoms in total. The number of carbonyl (C=O) groups is 2. The maximum atomic E-state index is 11.7. The molecule has 9 heteroatoms. The Balaban J connectivity index is 2.10. The maximum absolute atomic E-state index is 11.7. The van der Waals surface area contributed by atoms with E-state index in [9.17, 15) is 22.8 Å². The predicted molar refractivity (Wildman–Crippen MR) is 62.1 cm³/mol. The van der Waals surface area contributed by atoms with Crippen molar-refractivity contribution in [1.29, 1.82) is 0 Å². The zero-order valence-electron chi connectivity index (χ0n) is 10.9. The van der Waals surface area contributed by atoms with E-state index >= 15 is 0 Å². The quantitative estimate of drug-likeness (QED) is 0.715. The Morgan fingerprint density at radius 3 is 2.55 bits per heavy atom. The molecule has 0 aromatic heterocycles. The number of nitrogens with one attached hydrogen (secondary N) is 1. The average molecular weight is 298 g/mol. The van der Waals surface area contributed by atoms with Gasteiger partial charge < -0.3 is 20.1 Å². The number of carboxylic acids is 1. The van der Waals surface area contributed by atoms with Gasteiger partial charge in [-0.25, -0.2) is 4.79 Å². The molecular weight excluding hydrogens is 281 g/mol. The lowest BCUT2D eigenvalue weighted by Gasteiger charge is -2.41. The van der Waals surface area contributed by atoms with Crippen LogP contribution in [0.25, 0.3) is 0 Å². The van der Waals surface area contributed by atoms with Crippen molar-refractivity contribution < 1.29 is 32.6 Å². The van der Waals surface area contributed by atoms with Gasteiger partial charge in [0.2, 0.25) is 0 Å². The first-order valence-corrected chi connectivity index (χ1v) is 6.11. The molecule has 0 saturated carbocycles. The fraction of sp³-hybridized carbons (Fsp3) is 0.818. The largest absolute Gasteiger partial charge is 0.481 e. The summed E-state index contributed by atoms with van der Waals surface area (Å²) in [6, 6.07) is -0.422. The molecule has 1 aliphatic rings. The maximum Gasteiger partial charge on any atom is 0.411 e. The van der Waals surface area contributed by atoms with Gasteiger partial charge in [0.1, 0.15) is 6.61 Å². The summed E-state index contributed by atoms with van der Waals surface area (Å²) in [6.07, 6.45) is -4.37. The lowest BCUT2D eigenvalue weighted by atomic mass is 9.87. The molecule has 1 fully saturated rings. The van der Waals surface area contributed by atoms with Crippen LogP contribution in [0.4, 0.5) is 18.0 Å². The molecule has 0 radical (unpaired) electrons. The monoisotopic (exact) mass is 298 g/mol. The Kier molecular flexibility index (Phi) is 5.61. The minimum Gasteiger partial charge on any atom is -0.481 e. The molecule has 1 rings (SSSR count). The van der Waals surface area contributed by atoms with Gasteiger partial charge in [0.05, 0.1) is 12.5 Å². The Morgan fingerprint density at radius 1 is 1.45 bits per heavy atom. The highest BCUT2D eigenvalue weighted by Crippen LogP contribution is 2.23. The van der Waals surface area contributed by atoms with Crippen LogP contribution >= 0.6 is 0 Å². The van der Waals surface area contributed by atoms with E-state index < -0.39 is 30.7 Å². The van der Waals surface area contributed by atoms with Gasteiger partial charge in [-0.2, -0.15) is 13.2 Å². The number of hydrogen-bond acceptors (Lipinski definition) is 3. The van der Waals surface area contributed by atoms with E-state index in [1.165, 1.54) is 4.90 Å². The van der Waals surface area contributed by atoms with Crippen LogP contribution in [0.3, 0.4) is 0 Å². The van der Waals surface area contributed by atoms with Gasteiger partial charge in [0, 0.05) is 25.6 Å². The zero-order valence-corrected chi connectivity index (χ0v) is 10.9. The third-order valence-electron chi connectivity index (χ3n) is 3.08. The van der Waals surface area contributed by atoms with Crippen LogP contribution in [0, 0.1) is 11.8 Å². The molecule has 2 N–H and O–H groups in total. The number of halogens is 3. The molecule has 116 valence electrons. The van der Waals surface area contributed by atoms with Crippen LogP contribution in [0.5, 0.6) is 0 Å². The van der Waals surface area contributed by atoms with Gasteiger partial charge in [-0.15, -0.1) is 0 Å². The summed E-state index contributed by atoms with van der Waals surface area (Å²) in [6.45, 7) is 0.655. The molecule has 1 aliphatic heterocycles. The van der Waals surface area contributed by atoms with E-state index in [0.29, 0.717) is 13.1 Å². The minimum absolute atomic E-state index is 0.0232. The molecule has 1 atom stereocenters. The van der Waals surface area contributed by atoms with E-state index in [1.807, 2.05) is 0 Å². The molecule has 0 aliphatic carbocycles. The average Bonchev–Trinajstić information content (AvgIpc) is 2.24. The molecule has 0 bridgehead atoms. The highest BCUT2D eigenvalue weighted by molar-refractivity contribution is 5.76. The summed E-state index contributed by atoms with van der Waals surface area (Å²) in [7, 11) is 0. The molecule has 1 unspecified atom stereocenters. The van der Waals surface area contributed by atoms with Gasteiger partial charge in [-0.05, 0) is 0 Å². The number of carboxylic acid groups (broad SMARTS) is 1. The second-order valence-electron chi connectivity index (χ2n) is 4.69. The molecule has 20 heavy (non-hydrogen) atoms. The van der Waals surface area contributed by atoms with Crippen molar-refractivity contribution in [2.24, 2.45) is 11.8 Å². The number of likely N-dealkylation sites (tertiary alicyclic amines) is 1. The molecule has 1 heterocycles. The number of ether oxygens (including phenoxy) is 1. The number of rotatable bonds is 6. The van der Waals surface area contributed by atoms with E-state index in [4.69, 9.17) is 5.11 Å². The lowest BCUT2D eigenvalue weighted by molar-refractivity contribution is -0.173. The van der Waals surface area contributed by atoms with E-state index in [0.717, 1.165) is 0 Å². The first kappa shape index (κ1) is 16.5. The summed E-state index contributed by atoms with van der Waals surface area (Å²) in [4.78, 5) is 23.6. The Morgan fingerprint density at radius 2 is 2.05 bits per heavy atom. The first-order chi connectivity index (χ1) is 9.20. The summed E-state index contributed by atoms with van der Waals surface area (Å²) in [5, 5.41) is 11.2. The van der Waals surface area contributed by atoms with Gasteiger partial charge in [0.15, 0.2) is 0 Å². The van der Waals surface area contributed by atoms with Gasteiger partial charge >= 0.3 is 18.2 Å². The highest BCUT2D eigenvalue weighted by Gasteiger charge is 2.37. The highest BCUT2D eigenvalue weighted by atomic mass is 19.4. The standard InChI is InChI=1S/C11H17F3N2O4/c1-7(9(17)18)8-4-16(5-8)10(19)15-2-3-20-6-11(12,13)14/h7-8H,2-6H2,1H3,(H,15,19)(H,17,18). The topological polar surface area (TPSA) is 78.9 Å². The van der Waals surface area contributed by atoms with Crippen LogP contribution in [0.15, 0.2) is 0 Å². The lowest BCUT2D eigenvalue weighted by Crippen LogP contribution is -2.56. The summed E-state index contributed by atoms with van der Waals surface area (Å²) in [5.41, 5.74) is 0. The van der Waals surface area contributed by atoms with Crippen molar-refractivity contribution in [3.63, 3.8) is 0 Å². The molecule has 0 aromatic carbocycles. The van der Waals surface area contributed by atoms with Crippen molar-refractivity contribution in [1.82, 2.24) is 10.2 Å². The van der Waals surface area contributed by atoms with Crippen LogP contribution in [-0.4, -0.2) is 61.0 Å². The van der Waals surface area contributed by atoms with Crippen molar-refractivity contribution in [3.05, 3.63) is 0 Å². The van der Waals surface area contributed by atoms with Crippen molar-refractivity contribution in [2.45, 2.75) is 13.1 Å². The van der Waals surface area contributed by atoms with Crippen molar-refractivity contribution in [3.8, 4) is 0 Å². The fourth-order valence-corrected chi connectivity index (χ4v) is 1.73. The number of urea groups is 1. The predicted octanol–water partition coefficient (Wildman–Crippen LogP) is 0.927. The third kappa shape index (κ3) is 5.24. The van der Waals surface area contributed by atoms with Crippen molar-refractivity contribution in [2.75, 3.05) is 32.8 Å². The second kappa shape index (κ2) is 6.78. The van der Waals surface area contributed by atoms with Crippen LogP contribution in [0.1, 0.15) is 6.92 Å². The van der Waals surface area contributed by atoms with E-state index in [-0.39, 0.29) is 19.1 Å². The number of alkyl halides is 3. The Hall–Kier alpha value is -1.51. The van der Waals surface area contributed by atoms with Crippen LogP contribution in [-0.2, 0) is 9.53 Å². The number of carbonyl (C=O) groups excluding carboxylic acids is 1. The number of hydrogen-bond donors (Lipinski definition) is 2. The molecular formula is C11H17F3N2O4. The minimum atomic E-state index is -4.37. The Labute approximate surface area is 113 Å². The van der Waals surface area contributed by atoms with Crippen LogP contribution in [0.2, 0.25) is 0 Å². The molecule has 2 amide bonds. The summed E-state index contributed by atoms with van der Waals surface area (Å²) >= 11 is 0.